The maximum Gasteiger partial charge on any atom is 0.212 e. The predicted octanol–water partition coefficient (Wildman–Crippen LogP) is 3.20. The van der Waals surface area contributed by atoms with Crippen LogP contribution in [0.5, 0.6) is 5.88 Å². The molecule has 0 amide bonds. The van der Waals surface area contributed by atoms with E-state index >= 15 is 0 Å². The number of fused-ring (bicyclic) bond motifs is 3. The SMILES string of the molecule is COc1ccc(CN2C3CC2CN(c2ccc(-c4cc(N(C)C)cn5ncc(C#N)c45)cn2)C3)cn1. The molecule has 2 atom stereocenters. The lowest BCUT2D eigenvalue weighted by molar-refractivity contribution is -0.00876. The molecule has 36 heavy (non-hydrogen) atoms. The van der Waals surface area contributed by atoms with E-state index in [2.05, 4.69) is 50.2 Å². The summed E-state index contributed by atoms with van der Waals surface area (Å²) in [4.78, 5) is 16.2. The van der Waals surface area contributed by atoms with Crippen molar-refractivity contribution in [2.75, 3.05) is 44.1 Å². The molecule has 2 unspecified atom stereocenters. The number of nitrogens with zero attached hydrogens (tertiary/aromatic N) is 8. The van der Waals surface area contributed by atoms with Gasteiger partial charge in [0, 0.05) is 75.4 Å². The van der Waals surface area contributed by atoms with E-state index in [1.807, 2.05) is 43.7 Å². The zero-order valence-electron chi connectivity index (χ0n) is 20.7. The maximum atomic E-state index is 9.61. The number of pyridine rings is 3. The molecule has 3 fully saturated rings. The predicted molar refractivity (Wildman–Crippen MR) is 138 cm³/mol. The van der Waals surface area contributed by atoms with Crippen LogP contribution in [0.4, 0.5) is 11.5 Å². The number of ether oxygens (including phenoxy) is 1. The molecule has 3 aliphatic heterocycles. The minimum atomic E-state index is 0.522. The van der Waals surface area contributed by atoms with E-state index in [1.165, 1.54) is 12.0 Å². The summed E-state index contributed by atoms with van der Waals surface area (Å²) in [6, 6.07) is 13.6. The van der Waals surface area contributed by atoms with Crippen molar-refractivity contribution in [3.05, 3.63) is 66.2 Å². The van der Waals surface area contributed by atoms with E-state index in [-0.39, 0.29) is 0 Å². The Labute approximate surface area is 210 Å². The molecule has 2 bridgehead atoms. The van der Waals surface area contributed by atoms with Gasteiger partial charge in [0.15, 0.2) is 0 Å². The molecule has 0 spiro atoms. The number of rotatable bonds is 6. The van der Waals surface area contributed by atoms with Gasteiger partial charge in [-0.2, -0.15) is 10.4 Å². The van der Waals surface area contributed by atoms with Gasteiger partial charge in [0.1, 0.15) is 11.9 Å². The third kappa shape index (κ3) is 3.80. The number of piperazine rings is 1. The van der Waals surface area contributed by atoms with Gasteiger partial charge >= 0.3 is 0 Å². The van der Waals surface area contributed by atoms with Gasteiger partial charge in [0.05, 0.1) is 36.3 Å². The molecule has 0 radical (unpaired) electrons. The van der Waals surface area contributed by atoms with E-state index in [0.717, 1.165) is 47.8 Å². The average molecular weight is 481 g/mol. The van der Waals surface area contributed by atoms with Crippen LogP contribution in [-0.2, 0) is 6.54 Å². The van der Waals surface area contributed by atoms with E-state index < -0.39 is 0 Å². The molecular weight excluding hydrogens is 452 g/mol. The van der Waals surface area contributed by atoms with Crippen LogP contribution in [0.3, 0.4) is 0 Å². The number of aromatic nitrogens is 4. The highest BCUT2D eigenvalue weighted by atomic mass is 16.5. The molecule has 0 N–H and O–H groups in total. The minimum absolute atomic E-state index is 0.522. The third-order valence-corrected chi connectivity index (χ3v) is 7.33. The van der Waals surface area contributed by atoms with Crippen molar-refractivity contribution in [2.24, 2.45) is 0 Å². The molecule has 0 saturated carbocycles. The Morgan fingerprint density at radius 2 is 1.92 bits per heavy atom. The average Bonchev–Trinajstić information content (AvgIpc) is 3.35. The van der Waals surface area contributed by atoms with E-state index in [1.54, 1.807) is 17.8 Å². The van der Waals surface area contributed by atoms with Crippen molar-refractivity contribution < 1.29 is 4.74 Å². The standard InChI is InChI=1S/C27H28N8O/c1-32(2)21-9-24(27-20(10-28)13-31-35(27)17-21)19-5-6-25(29-12-19)33-15-22-8-23(16-33)34(22)14-18-4-7-26(36-3)30-11-18/h4-7,9,11-13,17,22-23H,8,14-16H2,1-3H3. The first-order chi connectivity index (χ1) is 17.5. The molecule has 3 aliphatic rings. The lowest BCUT2D eigenvalue weighted by Crippen LogP contribution is -2.68. The Bertz CT molecular complexity index is 1430. The molecule has 4 aromatic heterocycles. The Morgan fingerprint density at radius 1 is 1.08 bits per heavy atom. The molecule has 0 aromatic carbocycles. The summed E-state index contributed by atoms with van der Waals surface area (Å²) in [7, 11) is 5.63. The molecule has 3 saturated heterocycles. The monoisotopic (exact) mass is 480 g/mol. The molecule has 0 aliphatic carbocycles. The van der Waals surface area contributed by atoms with Gasteiger partial charge in [0.25, 0.3) is 0 Å². The summed E-state index contributed by atoms with van der Waals surface area (Å²) in [5.41, 5.74) is 5.51. The summed E-state index contributed by atoms with van der Waals surface area (Å²) in [6.07, 6.45) is 8.61. The Balaban J connectivity index is 1.20. The van der Waals surface area contributed by atoms with Crippen LogP contribution in [0.25, 0.3) is 16.6 Å². The number of nitriles is 1. The fraction of sp³-hybridized carbons (Fsp3) is 0.333. The quantitative estimate of drug-likeness (QED) is 0.416. The highest BCUT2D eigenvalue weighted by molar-refractivity contribution is 5.86. The zero-order valence-corrected chi connectivity index (χ0v) is 20.7. The first-order valence-electron chi connectivity index (χ1n) is 12.1. The first kappa shape index (κ1) is 22.3. The molecule has 7 heterocycles. The molecule has 7 rings (SSSR count). The summed E-state index contributed by atoms with van der Waals surface area (Å²) >= 11 is 0. The Morgan fingerprint density at radius 3 is 2.56 bits per heavy atom. The van der Waals surface area contributed by atoms with Crippen LogP contribution < -0.4 is 14.5 Å². The number of piperidine rings is 1. The van der Waals surface area contributed by atoms with Crippen LogP contribution in [0.1, 0.15) is 17.5 Å². The molecule has 9 nitrogen and oxygen atoms in total. The second-order valence-corrected chi connectivity index (χ2v) is 9.70. The van der Waals surface area contributed by atoms with Gasteiger partial charge in [-0.25, -0.2) is 14.5 Å². The first-order valence-corrected chi connectivity index (χ1v) is 12.1. The van der Waals surface area contributed by atoms with Crippen molar-refractivity contribution in [3.63, 3.8) is 0 Å². The Hall–Kier alpha value is -4.16. The lowest BCUT2D eigenvalue weighted by atomic mass is 9.87. The van der Waals surface area contributed by atoms with Crippen LogP contribution in [-0.4, -0.2) is 70.9 Å². The van der Waals surface area contributed by atoms with Crippen molar-refractivity contribution in [1.29, 1.82) is 5.26 Å². The van der Waals surface area contributed by atoms with Crippen LogP contribution >= 0.6 is 0 Å². The summed E-state index contributed by atoms with van der Waals surface area (Å²) in [5.74, 6) is 1.64. The van der Waals surface area contributed by atoms with Crippen LogP contribution in [0.2, 0.25) is 0 Å². The van der Waals surface area contributed by atoms with E-state index in [9.17, 15) is 5.26 Å². The number of methoxy groups -OCH3 is 1. The van der Waals surface area contributed by atoms with Gasteiger partial charge in [0.2, 0.25) is 5.88 Å². The molecule has 182 valence electrons. The van der Waals surface area contributed by atoms with Crippen molar-refractivity contribution >= 4 is 17.0 Å². The third-order valence-electron chi connectivity index (χ3n) is 7.33. The Kier molecular flexibility index (Phi) is 5.46. The molecule has 9 heteroatoms. The summed E-state index contributed by atoms with van der Waals surface area (Å²) < 4.78 is 6.95. The zero-order chi connectivity index (χ0) is 24.8. The van der Waals surface area contributed by atoms with Gasteiger partial charge in [-0.1, -0.05) is 6.07 Å². The van der Waals surface area contributed by atoms with Gasteiger partial charge < -0.3 is 14.5 Å². The summed E-state index contributed by atoms with van der Waals surface area (Å²) in [5, 5.41) is 14.0. The molecule has 4 aromatic rings. The van der Waals surface area contributed by atoms with Crippen molar-refractivity contribution in [1.82, 2.24) is 24.5 Å². The van der Waals surface area contributed by atoms with Gasteiger partial charge in [-0.3, -0.25) is 4.90 Å². The largest absolute Gasteiger partial charge is 0.481 e. The fourth-order valence-corrected chi connectivity index (χ4v) is 5.35. The van der Waals surface area contributed by atoms with E-state index in [0.29, 0.717) is 23.5 Å². The van der Waals surface area contributed by atoms with Crippen LogP contribution in [0.15, 0.2) is 55.1 Å². The van der Waals surface area contributed by atoms with Crippen LogP contribution in [0, 0.1) is 11.3 Å². The van der Waals surface area contributed by atoms with Crippen molar-refractivity contribution in [2.45, 2.75) is 25.0 Å². The molecular formula is C27H28N8O. The van der Waals surface area contributed by atoms with E-state index in [4.69, 9.17) is 9.72 Å². The number of hydrogen-bond acceptors (Lipinski definition) is 8. The normalized spacial score (nSPS) is 19.1. The highest BCUT2D eigenvalue weighted by Crippen LogP contribution is 2.36. The van der Waals surface area contributed by atoms with Gasteiger partial charge in [-0.15, -0.1) is 0 Å². The lowest BCUT2D eigenvalue weighted by Gasteiger charge is -2.56. The summed E-state index contributed by atoms with van der Waals surface area (Å²) in [6.45, 7) is 2.85. The maximum absolute atomic E-state index is 9.61. The van der Waals surface area contributed by atoms with Crippen molar-refractivity contribution in [3.8, 4) is 23.1 Å². The number of anilines is 2. The fourth-order valence-electron chi connectivity index (χ4n) is 5.35. The smallest absolute Gasteiger partial charge is 0.212 e. The minimum Gasteiger partial charge on any atom is -0.481 e. The topological polar surface area (TPSA) is 85.8 Å². The highest BCUT2D eigenvalue weighted by Gasteiger charge is 2.44. The van der Waals surface area contributed by atoms with Gasteiger partial charge in [-0.05, 0) is 30.2 Å². The second-order valence-electron chi connectivity index (χ2n) is 9.70. The number of hydrogen-bond donors (Lipinski definition) is 0. The second kappa shape index (κ2) is 8.81.